The summed E-state index contributed by atoms with van der Waals surface area (Å²) in [6.45, 7) is 1.67. The van der Waals surface area contributed by atoms with Gasteiger partial charge in [-0.3, -0.25) is 5.84 Å². The molecule has 0 saturated heterocycles. The molecular formula is C11H15N3O2. The summed E-state index contributed by atoms with van der Waals surface area (Å²) in [5.74, 6) is 6.63. The minimum Gasteiger partial charge on any atom is -0.497 e. The molecular weight excluding hydrogens is 206 g/mol. The van der Waals surface area contributed by atoms with Crippen molar-refractivity contribution >= 4 is 0 Å². The van der Waals surface area contributed by atoms with Gasteiger partial charge in [0, 0.05) is 5.56 Å². The molecule has 0 fully saturated rings. The fourth-order valence-corrected chi connectivity index (χ4v) is 1.38. The number of nitrogens with two attached hydrogens (primary N) is 1. The van der Waals surface area contributed by atoms with Gasteiger partial charge in [0.15, 0.2) is 0 Å². The second-order valence-corrected chi connectivity index (χ2v) is 3.45. The number of hydrazine groups is 1. The molecule has 1 rings (SSSR count). The predicted molar refractivity (Wildman–Crippen MR) is 59.8 cm³/mol. The summed E-state index contributed by atoms with van der Waals surface area (Å²) < 4.78 is 10.3. The molecule has 1 unspecified atom stereocenters. The Balaban J connectivity index is 3.34. The van der Waals surface area contributed by atoms with Crippen molar-refractivity contribution < 1.29 is 9.47 Å². The number of nitriles is 1. The van der Waals surface area contributed by atoms with Gasteiger partial charge >= 0.3 is 0 Å². The van der Waals surface area contributed by atoms with Crippen molar-refractivity contribution in [3.63, 3.8) is 0 Å². The first-order chi connectivity index (χ1) is 7.61. The molecule has 5 heteroatoms. The third-order valence-electron chi connectivity index (χ3n) is 2.46. The molecule has 1 atom stereocenters. The van der Waals surface area contributed by atoms with E-state index in [0.29, 0.717) is 17.1 Å². The second-order valence-electron chi connectivity index (χ2n) is 3.45. The monoisotopic (exact) mass is 221 g/mol. The Morgan fingerprint density at radius 2 is 2.06 bits per heavy atom. The molecule has 0 bridgehead atoms. The molecule has 0 aliphatic heterocycles. The van der Waals surface area contributed by atoms with Gasteiger partial charge in [-0.2, -0.15) is 5.26 Å². The number of nitrogens with one attached hydrogen (secondary N) is 1. The molecule has 0 aliphatic rings. The van der Waals surface area contributed by atoms with Gasteiger partial charge in [0.25, 0.3) is 0 Å². The number of hydrogen-bond donors (Lipinski definition) is 2. The van der Waals surface area contributed by atoms with Gasteiger partial charge < -0.3 is 9.47 Å². The predicted octanol–water partition coefficient (Wildman–Crippen LogP) is 0.906. The van der Waals surface area contributed by atoms with E-state index in [2.05, 4.69) is 11.5 Å². The topological polar surface area (TPSA) is 80.3 Å². The van der Waals surface area contributed by atoms with Crippen molar-refractivity contribution in [2.45, 2.75) is 12.5 Å². The van der Waals surface area contributed by atoms with Crippen LogP contribution >= 0.6 is 0 Å². The number of rotatable bonds is 4. The van der Waals surface area contributed by atoms with E-state index in [1.165, 1.54) is 0 Å². The third kappa shape index (κ3) is 2.08. The van der Waals surface area contributed by atoms with Gasteiger partial charge in [0.05, 0.1) is 20.3 Å². The van der Waals surface area contributed by atoms with E-state index in [-0.39, 0.29) is 0 Å². The van der Waals surface area contributed by atoms with Crippen LogP contribution in [-0.2, 0) is 5.54 Å². The number of benzene rings is 1. The van der Waals surface area contributed by atoms with Crippen LogP contribution in [0.3, 0.4) is 0 Å². The van der Waals surface area contributed by atoms with Crippen molar-refractivity contribution in [2.24, 2.45) is 5.84 Å². The molecule has 1 aromatic carbocycles. The number of hydrogen-bond acceptors (Lipinski definition) is 5. The van der Waals surface area contributed by atoms with Crippen LogP contribution in [0.4, 0.5) is 0 Å². The van der Waals surface area contributed by atoms with E-state index >= 15 is 0 Å². The number of methoxy groups -OCH3 is 2. The van der Waals surface area contributed by atoms with Crippen LogP contribution in [0.1, 0.15) is 12.5 Å². The minimum atomic E-state index is -1.01. The lowest BCUT2D eigenvalue weighted by molar-refractivity contribution is 0.378. The molecule has 0 aliphatic carbocycles. The van der Waals surface area contributed by atoms with Crippen molar-refractivity contribution in [1.82, 2.24) is 5.43 Å². The molecule has 0 amide bonds. The Morgan fingerprint density at radius 1 is 1.38 bits per heavy atom. The molecule has 5 nitrogen and oxygen atoms in total. The SMILES string of the molecule is COc1ccc(OC)c(C(C)(C#N)NN)c1. The summed E-state index contributed by atoms with van der Waals surface area (Å²) in [5, 5.41) is 9.13. The lowest BCUT2D eigenvalue weighted by atomic mass is 9.93. The zero-order valence-corrected chi connectivity index (χ0v) is 9.57. The summed E-state index contributed by atoms with van der Waals surface area (Å²) in [6.07, 6.45) is 0. The van der Waals surface area contributed by atoms with Gasteiger partial charge in [-0.05, 0) is 25.1 Å². The van der Waals surface area contributed by atoms with Crippen molar-refractivity contribution in [1.29, 1.82) is 5.26 Å². The van der Waals surface area contributed by atoms with Crippen molar-refractivity contribution in [2.75, 3.05) is 14.2 Å². The zero-order chi connectivity index (χ0) is 12.2. The maximum atomic E-state index is 9.13. The van der Waals surface area contributed by atoms with Crippen LogP contribution in [-0.4, -0.2) is 14.2 Å². The first-order valence-electron chi connectivity index (χ1n) is 4.73. The summed E-state index contributed by atoms with van der Waals surface area (Å²) >= 11 is 0. The maximum Gasteiger partial charge on any atom is 0.145 e. The number of ether oxygens (including phenoxy) is 2. The van der Waals surface area contributed by atoms with Gasteiger partial charge in [0.2, 0.25) is 0 Å². The van der Waals surface area contributed by atoms with E-state index < -0.39 is 5.54 Å². The highest BCUT2D eigenvalue weighted by Crippen LogP contribution is 2.32. The van der Waals surface area contributed by atoms with Crippen molar-refractivity contribution in [3.05, 3.63) is 23.8 Å². The summed E-state index contributed by atoms with van der Waals surface area (Å²) in [5.41, 5.74) is 2.10. The smallest absolute Gasteiger partial charge is 0.145 e. The highest BCUT2D eigenvalue weighted by molar-refractivity contribution is 5.47. The highest BCUT2D eigenvalue weighted by Gasteiger charge is 2.28. The van der Waals surface area contributed by atoms with Crippen LogP contribution in [0.15, 0.2) is 18.2 Å². The van der Waals surface area contributed by atoms with Gasteiger partial charge in [0.1, 0.15) is 17.0 Å². The van der Waals surface area contributed by atoms with E-state index in [1.807, 2.05) is 0 Å². The highest BCUT2D eigenvalue weighted by atomic mass is 16.5. The molecule has 0 aromatic heterocycles. The van der Waals surface area contributed by atoms with Crippen LogP contribution < -0.4 is 20.7 Å². The largest absolute Gasteiger partial charge is 0.497 e. The zero-order valence-electron chi connectivity index (χ0n) is 9.57. The molecule has 0 heterocycles. The molecule has 0 spiro atoms. The minimum absolute atomic E-state index is 0.586. The van der Waals surface area contributed by atoms with E-state index in [0.717, 1.165) is 0 Å². The fourth-order valence-electron chi connectivity index (χ4n) is 1.38. The van der Waals surface area contributed by atoms with Gasteiger partial charge in [-0.25, -0.2) is 5.43 Å². The van der Waals surface area contributed by atoms with Crippen molar-refractivity contribution in [3.8, 4) is 17.6 Å². The van der Waals surface area contributed by atoms with Crippen LogP contribution in [0.2, 0.25) is 0 Å². The lowest BCUT2D eigenvalue weighted by Crippen LogP contribution is -2.43. The van der Waals surface area contributed by atoms with E-state index in [4.69, 9.17) is 20.6 Å². The number of nitrogens with zero attached hydrogens (tertiary/aromatic N) is 1. The lowest BCUT2D eigenvalue weighted by Gasteiger charge is -2.23. The maximum absolute atomic E-state index is 9.13. The summed E-state index contributed by atoms with van der Waals surface area (Å²) in [6, 6.07) is 7.32. The first-order valence-corrected chi connectivity index (χ1v) is 4.73. The standard InChI is InChI=1S/C11H15N3O2/c1-11(7-12,14-13)9-6-8(15-2)4-5-10(9)16-3/h4-6,14H,13H2,1-3H3. The van der Waals surface area contributed by atoms with Gasteiger partial charge in [-0.1, -0.05) is 0 Å². The Morgan fingerprint density at radius 3 is 2.50 bits per heavy atom. The molecule has 16 heavy (non-hydrogen) atoms. The molecule has 86 valence electrons. The first kappa shape index (κ1) is 12.3. The van der Waals surface area contributed by atoms with Gasteiger partial charge in [-0.15, -0.1) is 0 Å². The Bertz CT molecular complexity index is 414. The van der Waals surface area contributed by atoms with Crippen LogP contribution in [0.5, 0.6) is 11.5 Å². The summed E-state index contributed by atoms with van der Waals surface area (Å²) in [4.78, 5) is 0. The molecule has 3 N–H and O–H groups in total. The average molecular weight is 221 g/mol. The average Bonchev–Trinajstić information content (AvgIpc) is 2.37. The van der Waals surface area contributed by atoms with E-state index in [9.17, 15) is 0 Å². The van der Waals surface area contributed by atoms with Crippen LogP contribution in [0, 0.1) is 11.3 Å². The Kier molecular flexibility index (Phi) is 3.72. The molecule has 0 radical (unpaired) electrons. The fraction of sp³-hybridized carbons (Fsp3) is 0.364. The Labute approximate surface area is 94.7 Å². The quantitative estimate of drug-likeness (QED) is 0.583. The molecule has 1 aromatic rings. The molecule has 0 saturated carbocycles. The third-order valence-corrected chi connectivity index (χ3v) is 2.46. The van der Waals surface area contributed by atoms with E-state index in [1.54, 1.807) is 39.3 Å². The summed E-state index contributed by atoms with van der Waals surface area (Å²) in [7, 11) is 3.10. The Hall–Kier alpha value is -1.77. The second kappa shape index (κ2) is 4.84. The normalized spacial score (nSPS) is 13.7. The van der Waals surface area contributed by atoms with Crippen LogP contribution in [0.25, 0.3) is 0 Å².